The summed E-state index contributed by atoms with van der Waals surface area (Å²) in [6.07, 6.45) is 0. The van der Waals surface area contributed by atoms with Gasteiger partial charge in [-0.3, -0.25) is 20.2 Å². The summed E-state index contributed by atoms with van der Waals surface area (Å²) in [5, 5.41) is 3.08. The molecule has 12 heavy (non-hydrogen) atoms. The van der Waals surface area contributed by atoms with E-state index in [1.165, 1.54) is 0 Å². The third-order valence-electron chi connectivity index (χ3n) is 1.32. The lowest BCUT2D eigenvalue weighted by molar-refractivity contribution is -0.180. The molecule has 7 heteroatoms. The molecule has 1 aliphatic heterocycles. The number of amides is 4. The van der Waals surface area contributed by atoms with Crippen molar-refractivity contribution in [3.05, 3.63) is 0 Å². The van der Waals surface area contributed by atoms with E-state index in [0.29, 0.717) is 0 Å². The minimum Gasteiger partial charge on any atom is -0.335 e. The number of barbiturate groups is 1. The Bertz CT molecular complexity index is 244. The molecule has 0 aromatic rings. The highest BCUT2D eigenvalue weighted by Crippen LogP contribution is 2.14. The molecule has 1 fully saturated rings. The van der Waals surface area contributed by atoms with Crippen molar-refractivity contribution in [2.75, 3.05) is 7.11 Å². The van der Waals surface area contributed by atoms with Crippen molar-refractivity contribution < 1.29 is 23.5 Å². The number of halogens is 1. The summed E-state index contributed by atoms with van der Waals surface area (Å²) in [7, 11) is 0.842. The molecule has 2 N–H and O–H groups in total. The van der Waals surface area contributed by atoms with E-state index in [1.807, 2.05) is 0 Å². The van der Waals surface area contributed by atoms with E-state index in [2.05, 4.69) is 4.74 Å². The number of rotatable bonds is 1. The van der Waals surface area contributed by atoms with Gasteiger partial charge in [-0.25, -0.2) is 4.79 Å². The predicted octanol–water partition coefficient (Wildman–Crippen LogP) is -1.34. The predicted molar refractivity (Wildman–Crippen MR) is 32.5 cm³/mol. The van der Waals surface area contributed by atoms with Gasteiger partial charge in [-0.2, -0.15) is 4.39 Å². The van der Waals surface area contributed by atoms with Crippen LogP contribution in [0.4, 0.5) is 9.18 Å². The van der Waals surface area contributed by atoms with Crippen molar-refractivity contribution in [3.8, 4) is 0 Å². The number of urea groups is 1. The van der Waals surface area contributed by atoms with Crippen LogP contribution >= 0.6 is 0 Å². The molecule has 0 saturated carbocycles. The van der Waals surface area contributed by atoms with Crippen LogP contribution in [-0.4, -0.2) is 30.8 Å². The van der Waals surface area contributed by atoms with Gasteiger partial charge in [0.1, 0.15) is 0 Å². The Morgan fingerprint density at radius 2 is 1.67 bits per heavy atom. The maximum atomic E-state index is 13.1. The van der Waals surface area contributed by atoms with E-state index in [4.69, 9.17) is 0 Å². The number of imide groups is 2. The van der Waals surface area contributed by atoms with Gasteiger partial charge in [-0.1, -0.05) is 0 Å². The minimum atomic E-state index is -3.10. The van der Waals surface area contributed by atoms with Gasteiger partial charge in [-0.05, 0) is 0 Å². The lowest BCUT2D eigenvalue weighted by Crippen LogP contribution is -2.65. The molecule has 0 spiro atoms. The lowest BCUT2D eigenvalue weighted by atomic mass is 10.2. The van der Waals surface area contributed by atoms with Crippen LogP contribution in [0.15, 0.2) is 0 Å². The van der Waals surface area contributed by atoms with E-state index >= 15 is 0 Å². The fraction of sp³-hybridized carbons (Fsp3) is 0.400. The molecule has 1 aliphatic rings. The van der Waals surface area contributed by atoms with E-state index in [-0.39, 0.29) is 0 Å². The Hall–Kier alpha value is -1.50. The van der Waals surface area contributed by atoms with Crippen LogP contribution in [0.25, 0.3) is 0 Å². The highest BCUT2D eigenvalue weighted by Gasteiger charge is 2.52. The number of methoxy groups -OCH3 is 1. The summed E-state index contributed by atoms with van der Waals surface area (Å²) >= 11 is 0. The molecule has 0 atom stereocenters. The largest absolute Gasteiger partial charge is 0.368 e. The summed E-state index contributed by atoms with van der Waals surface area (Å²) in [5.74, 6) is -5.94. The highest BCUT2D eigenvalue weighted by molar-refractivity contribution is 6.20. The molecule has 66 valence electrons. The lowest BCUT2D eigenvalue weighted by Gasteiger charge is -2.24. The second-order valence-electron chi connectivity index (χ2n) is 2.04. The number of hydrogen-bond donors (Lipinski definition) is 2. The Labute approximate surface area is 66.1 Å². The number of carbonyl (C=O) groups is 3. The first-order valence-electron chi connectivity index (χ1n) is 2.91. The molecule has 1 saturated heterocycles. The average Bonchev–Trinajstić information content (AvgIpc) is 2.00. The molecule has 1 rings (SSSR count). The monoisotopic (exact) mass is 176 g/mol. The van der Waals surface area contributed by atoms with Crippen LogP contribution in [0.1, 0.15) is 0 Å². The van der Waals surface area contributed by atoms with Crippen molar-refractivity contribution >= 4 is 17.8 Å². The molecule has 1 heterocycles. The van der Waals surface area contributed by atoms with Gasteiger partial charge in [0, 0.05) is 7.11 Å². The van der Waals surface area contributed by atoms with Crippen LogP contribution < -0.4 is 10.6 Å². The standard InChI is InChI=1S/C5H5FN2O4/c1-12-5(6)2(9)7-4(11)8-3(5)10/h1H3,(H2,7,8,9,10,11). The smallest absolute Gasteiger partial charge is 0.335 e. The van der Waals surface area contributed by atoms with Crippen molar-refractivity contribution in [3.63, 3.8) is 0 Å². The summed E-state index contributed by atoms with van der Waals surface area (Å²) < 4.78 is 17.1. The first-order valence-corrected chi connectivity index (χ1v) is 2.91. The fourth-order valence-electron chi connectivity index (χ4n) is 0.687. The van der Waals surface area contributed by atoms with Gasteiger partial charge in [0.25, 0.3) is 0 Å². The zero-order valence-corrected chi connectivity index (χ0v) is 6.01. The zero-order valence-electron chi connectivity index (χ0n) is 6.01. The topological polar surface area (TPSA) is 84.5 Å². The van der Waals surface area contributed by atoms with Crippen LogP contribution in [0.3, 0.4) is 0 Å². The molecular formula is C5H5FN2O4. The van der Waals surface area contributed by atoms with E-state index in [1.54, 1.807) is 10.6 Å². The van der Waals surface area contributed by atoms with E-state index in [0.717, 1.165) is 7.11 Å². The second kappa shape index (κ2) is 2.52. The SMILES string of the molecule is COC1(F)C(=O)NC(=O)NC1=O. The van der Waals surface area contributed by atoms with Crippen molar-refractivity contribution in [1.82, 2.24) is 10.6 Å². The fourth-order valence-corrected chi connectivity index (χ4v) is 0.687. The van der Waals surface area contributed by atoms with E-state index in [9.17, 15) is 18.8 Å². The normalized spacial score (nSPS) is 21.7. The third-order valence-corrected chi connectivity index (χ3v) is 1.32. The number of hydrogen-bond acceptors (Lipinski definition) is 4. The Morgan fingerprint density at radius 3 is 2.00 bits per heavy atom. The molecule has 4 amide bonds. The zero-order chi connectivity index (χ0) is 9.35. The van der Waals surface area contributed by atoms with Gasteiger partial charge in [-0.15, -0.1) is 0 Å². The van der Waals surface area contributed by atoms with Crippen LogP contribution in [0.5, 0.6) is 0 Å². The molecule has 0 aromatic carbocycles. The third kappa shape index (κ3) is 1.03. The van der Waals surface area contributed by atoms with E-state index < -0.39 is 23.7 Å². The van der Waals surface area contributed by atoms with Crippen molar-refractivity contribution in [2.45, 2.75) is 5.85 Å². The second-order valence-corrected chi connectivity index (χ2v) is 2.04. The summed E-state index contributed by atoms with van der Waals surface area (Å²) in [5.41, 5.74) is 0. The average molecular weight is 176 g/mol. The van der Waals surface area contributed by atoms with Crippen LogP contribution in [-0.2, 0) is 14.3 Å². The Morgan fingerprint density at radius 1 is 1.25 bits per heavy atom. The molecule has 6 nitrogen and oxygen atoms in total. The number of nitrogens with one attached hydrogen (secondary N) is 2. The van der Waals surface area contributed by atoms with Crippen LogP contribution in [0.2, 0.25) is 0 Å². The Kier molecular flexibility index (Phi) is 1.81. The summed E-state index contributed by atoms with van der Waals surface area (Å²) in [4.78, 5) is 31.8. The first-order chi connectivity index (χ1) is 5.50. The molecule has 0 aromatic heterocycles. The molecule has 0 aliphatic carbocycles. The number of ether oxygens (including phenoxy) is 1. The van der Waals surface area contributed by atoms with Gasteiger partial charge in [0.05, 0.1) is 0 Å². The number of alkyl halides is 1. The quantitative estimate of drug-likeness (QED) is 0.484. The van der Waals surface area contributed by atoms with Gasteiger partial charge in [0.2, 0.25) is 0 Å². The van der Waals surface area contributed by atoms with Crippen LogP contribution in [0, 0.1) is 0 Å². The Balaban J connectivity index is 2.95. The molecule has 0 unspecified atom stereocenters. The van der Waals surface area contributed by atoms with Gasteiger partial charge >= 0.3 is 23.7 Å². The highest BCUT2D eigenvalue weighted by atomic mass is 19.2. The number of carbonyl (C=O) groups excluding carboxylic acids is 3. The van der Waals surface area contributed by atoms with Crippen molar-refractivity contribution in [1.29, 1.82) is 0 Å². The molecular weight excluding hydrogens is 171 g/mol. The molecule has 0 radical (unpaired) electrons. The van der Waals surface area contributed by atoms with Gasteiger partial charge in [0.15, 0.2) is 0 Å². The van der Waals surface area contributed by atoms with Crippen molar-refractivity contribution in [2.24, 2.45) is 0 Å². The summed E-state index contributed by atoms with van der Waals surface area (Å²) in [6, 6.07) is -1.06. The summed E-state index contributed by atoms with van der Waals surface area (Å²) in [6.45, 7) is 0. The maximum Gasteiger partial charge on any atom is 0.368 e. The maximum absolute atomic E-state index is 13.1. The minimum absolute atomic E-state index is 0.842. The first kappa shape index (κ1) is 8.60. The molecule has 0 bridgehead atoms. The van der Waals surface area contributed by atoms with Gasteiger partial charge < -0.3 is 4.74 Å².